The Bertz CT molecular complexity index is 221. The second-order valence-corrected chi connectivity index (χ2v) is 4.64. The Balaban J connectivity index is 4.13. The molecule has 0 aromatic rings. The molecule has 0 heterocycles. The van der Waals surface area contributed by atoms with Crippen molar-refractivity contribution in [3.63, 3.8) is 0 Å². The molecule has 2 heteroatoms. The molecule has 0 aromatic carbocycles. The predicted octanol–water partition coefficient (Wildman–Crippen LogP) is 4.49. The first-order chi connectivity index (χ1) is 8.15. The zero-order valence-electron chi connectivity index (χ0n) is 11.9. The monoisotopic (exact) mass is 240 g/mol. The Morgan fingerprint density at radius 3 is 2.47 bits per heavy atom. The minimum absolute atomic E-state index is 0.0124. The molecule has 2 nitrogen and oxygen atoms in total. The van der Waals surface area contributed by atoms with Crippen molar-refractivity contribution in [1.29, 1.82) is 0 Å². The van der Waals surface area contributed by atoms with Crippen LogP contribution in [0.3, 0.4) is 0 Å². The summed E-state index contributed by atoms with van der Waals surface area (Å²) in [5, 5.41) is 0. The molecule has 0 bridgehead atoms. The molecule has 0 aromatic heterocycles. The predicted molar refractivity (Wildman–Crippen MR) is 72.9 cm³/mol. The van der Waals surface area contributed by atoms with Gasteiger partial charge in [0.2, 0.25) is 0 Å². The van der Waals surface area contributed by atoms with Crippen LogP contribution in [0.15, 0.2) is 12.2 Å². The van der Waals surface area contributed by atoms with Gasteiger partial charge in [-0.25, -0.2) is 0 Å². The molecule has 0 radical (unpaired) electrons. The average molecular weight is 240 g/mol. The lowest BCUT2D eigenvalue weighted by Crippen LogP contribution is -2.21. The summed E-state index contributed by atoms with van der Waals surface area (Å²) < 4.78 is 5.50. The molecule has 0 saturated carbocycles. The Morgan fingerprint density at radius 2 is 1.94 bits per heavy atom. The lowest BCUT2D eigenvalue weighted by atomic mass is 10.1. The molecule has 0 aliphatic rings. The summed E-state index contributed by atoms with van der Waals surface area (Å²) in [6, 6.07) is 0. The molecular formula is C15H28O2. The zero-order valence-corrected chi connectivity index (χ0v) is 11.9. The second kappa shape index (κ2) is 10.4. The van der Waals surface area contributed by atoms with E-state index in [9.17, 15) is 4.79 Å². The molecule has 0 aliphatic heterocycles. The van der Waals surface area contributed by atoms with E-state index in [0.29, 0.717) is 0 Å². The highest BCUT2D eigenvalue weighted by Crippen LogP contribution is 2.11. The SMILES string of the molecule is CCCC/C=C\C(CCC)OC(=O)C(C)CC. The molecule has 0 fully saturated rings. The molecule has 0 aliphatic carbocycles. The summed E-state index contributed by atoms with van der Waals surface area (Å²) in [5.41, 5.74) is 0. The lowest BCUT2D eigenvalue weighted by molar-refractivity contribution is -0.151. The Labute approximate surface area is 106 Å². The minimum Gasteiger partial charge on any atom is -0.458 e. The number of carbonyl (C=O) groups is 1. The average Bonchev–Trinajstić information content (AvgIpc) is 2.33. The van der Waals surface area contributed by atoms with Crippen molar-refractivity contribution in [2.24, 2.45) is 5.92 Å². The quantitative estimate of drug-likeness (QED) is 0.337. The van der Waals surface area contributed by atoms with E-state index in [1.807, 2.05) is 13.8 Å². The molecule has 17 heavy (non-hydrogen) atoms. The van der Waals surface area contributed by atoms with Gasteiger partial charge in [-0.3, -0.25) is 4.79 Å². The maximum absolute atomic E-state index is 11.7. The molecule has 2 unspecified atom stereocenters. The number of esters is 1. The number of rotatable bonds is 9. The third-order valence-corrected chi connectivity index (χ3v) is 2.93. The van der Waals surface area contributed by atoms with Crippen molar-refractivity contribution in [3.05, 3.63) is 12.2 Å². The van der Waals surface area contributed by atoms with Crippen LogP contribution in [0.1, 0.15) is 66.2 Å². The van der Waals surface area contributed by atoms with Crippen LogP contribution in [0.25, 0.3) is 0 Å². The summed E-state index contributed by atoms with van der Waals surface area (Å²) in [4.78, 5) is 11.7. The smallest absolute Gasteiger partial charge is 0.309 e. The topological polar surface area (TPSA) is 26.3 Å². The van der Waals surface area contributed by atoms with Gasteiger partial charge >= 0.3 is 5.97 Å². The number of allylic oxidation sites excluding steroid dienone is 1. The van der Waals surface area contributed by atoms with E-state index in [2.05, 4.69) is 26.0 Å². The normalized spacial score (nSPS) is 14.8. The fourth-order valence-corrected chi connectivity index (χ4v) is 1.48. The largest absolute Gasteiger partial charge is 0.458 e. The van der Waals surface area contributed by atoms with E-state index in [1.54, 1.807) is 0 Å². The van der Waals surface area contributed by atoms with Crippen molar-refractivity contribution in [2.45, 2.75) is 72.3 Å². The van der Waals surface area contributed by atoms with Crippen molar-refractivity contribution in [2.75, 3.05) is 0 Å². The molecule has 0 spiro atoms. The summed E-state index contributed by atoms with van der Waals surface area (Å²) in [6.07, 6.45) is 10.5. The van der Waals surface area contributed by atoms with E-state index in [-0.39, 0.29) is 18.0 Å². The van der Waals surface area contributed by atoms with Crippen LogP contribution in [-0.2, 0) is 9.53 Å². The van der Waals surface area contributed by atoms with Gasteiger partial charge in [0, 0.05) is 0 Å². The Hall–Kier alpha value is -0.790. The lowest BCUT2D eigenvalue weighted by Gasteiger charge is -2.16. The van der Waals surface area contributed by atoms with Gasteiger partial charge in [0.15, 0.2) is 0 Å². The first-order valence-corrected chi connectivity index (χ1v) is 7.02. The number of hydrogen-bond donors (Lipinski definition) is 0. The maximum Gasteiger partial charge on any atom is 0.309 e. The van der Waals surface area contributed by atoms with Crippen LogP contribution >= 0.6 is 0 Å². The molecular weight excluding hydrogens is 212 g/mol. The summed E-state index contributed by atoms with van der Waals surface area (Å²) in [5.74, 6) is -0.0514. The van der Waals surface area contributed by atoms with Gasteiger partial charge in [-0.05, 0) is 25.3 Å². The standard InChI is InChI=1S/C15H28O2/c1-5-8-9-10-12-14(11-6-2)17-15(16)13(4)7-3/h10,12-14H,5-9,11H2,1-4H3/b12-10-. The van der Waals surface area contributed by atoms with Gasteiger partial charge < -0.3 is 4.74 Å². The number of ether oxygens (including phenoxy) is 1. The van der Waals surface area contributed by atoms with Crippen LogP contribution in [0.4, 0.5) is 0 Å². The third-order valence-electron chi connectivity index (χ3n) is 2.93. The van der Waals surface area contributed by atoms with E-state index in [1.165, 1.54) is 12.8 Å². The van der Waals surface area contributed by atoms with Crippen LogP contribution in [-0.4, -0.2) is 12.1 Å². The fourth-order valence-electron chi connectivity index (χ4n) is 1.48. The van der Waals surface area contributed by atoms with Crippen molar-refractivity contribution in [1.82, 2.24) is 0 Å². The summed E-state index contributed by atoms with van der Waals surface area (Å²) >= 11 is 0. The van der Waals surface area contributed by atoms with Crippen LogP contribution in [0.2, 0.25) is 0 Å². The number of unbranched alkanes of at least 4 members (excludes halogenated alkanes) is 2. The van der Waals surface area contributed by atoms with Crippen molar-refractivity contribution < 1.29 is 9.53 Å². The molecule has 0 rings (SSSR count). The van der Waals surface area contributed by atoms with Gasteiger partial charge in [0.1, 0.15) is 6.10 Å². The number of hydrogen-bond acceptors (Lipinski definition) is 2. The van der Waals surface area contributed by atoms with Gasteiger partial charge in [-0.2, -0.15) is 0 Å². The second-order valence-electron chi connectivity index (χ2n) is 4.64. The highest BCUT2D eigenvalue weighted by Gasteiger charge is 2.15. The number of carbonyl (C=O) groups excluding carboxylic acids is 1. The minimum atomic E-state index is -0.0638. The third kappa shape index (κ3) is 8.00. The molecule has 0 amide bonds. The van der Waals surface area contributed by atoms with E-state index in [0.717, 1.165) is 25.7 Å². The highest BCUT2D eigenvalue weighted by molar-refractivity contribution is 5.72. The Morgan fingerprint density at radius 1 is 1.24 bits per heavy atom. The van der Waals surface area contributed by atoms with Crippen LogP contribution in [0.5, 0.6) is 0 Å². The van der Waals surface area contributed by atoms with Crippen LogP contribution in [0, 0.1) is 5.92 Å². The molecule has 2 atom stereocenters. The molecule has 100 valence electrons. The van der Waals surface area contributed by atoms with E-state index >= 15 is 0 Å². The van der Waals surface area contributed by atoms with Gasteiger partial charge in [-0.1, -0.05) is 53.0 Å². The molecule has 0 N–H and O–H groups in total. The van der Waals surface area contributed by atoms with Gasteiger partial charge in [0.25, 0.3) is 0 Å². The molecule has 0 saturated heterocycles. The van der Waals surface area contributed by atoms with Crippen molar-refractivity contribution in [3.8, 4) is 0 Å². The summed E-state index contributed by atoms with van der Waals surface area (Å²) in [6.45, 7) is 8.23. The van der Waals surface area contributed by atoms with Crippen LogP contribution < -0.4 is 0 Å². The maximum atomic E-state index is 11.7. The van der Waals surface area contributed by atoms with Gasteiger partial charge in [-0.15, -0.1) is 0 Å². The van der Waals surface area contributed by atoms with E-state index in [4.69, 9.17) is 4.74 Å². The summed E-state index contributed by atoms with van der Waals surface area (Å²) in [7, 11) is 0. The highest BCUT2D eigenvalue weighted by atomic mass is 16.5. The zero-order chi connectivity index (χ0) is 13.1. The first kappa shape index (κ1) is 16.2. The van der Waals surface area contributed by atoms with E-state index < -0.39 is 0 Å². The van der Waals surface area contributed by atoms with Crippen molar-refractivity contribution >= 4 is 5.97 Å². The first-order valence-electron chi connectivity index (χ1n) is 7.02. The fraction of sp³-hybridized carbons (Fsp3) is 0.800. The Kier molecular flexibility index (Phi) is 9.89. The van der Waals surface area contributed by atoms with Gasteiger partial charge in [0.05, 0.1) is 5.92 Å².